The Morgan fingerprint density at radius 2 is 1.28 bits per heavy atom. The molecule has 372 valence electrons. The zero-order valence-corrected chi connectivity index (χ0v) is 39.9. The number of amides is 1. The summed E-state index contributed by atoms with van der Waals surface area (Å²) in [6.07, 6.45) is -13.9. The summed E-state index contributed by atoms with van der Waals surface area (Å²) in [5, 5.41) is 27.9. The smallest absolute Gasteiger partial charge is 0.461 e. The number of Topliss-reactive ketones (excluding diaryl/α,β-unsaturated/α-hetero) is 2. The van der Waals surface area contributed by atoms with Crippen molar-refractivity contribution in [2.45, 2.75) is 109 Å². The fourth-order valence-corrected chi connectivity index (χ4v) is 10.2. The van der Waals surface area contributed by atoms with Crippen molar-refractivity contribution in [2.24, 2.45) is 16.7 Å². The summed E-state index contributed by atoms with van der Waals surface area (Å²) in [4.78, 5) is 113. The lowest BCUT2D eigenvalue weighted by atomic mass is 9.48. The predicted molar refractivity (Wildman–Crippen MR) is 250 cm³/mol. The Bertz CT molecular complexity index is 2710. The fourth-order valence-electron chi connectivity index (χ4n) is 10.2. The van der Waals surface area contributed by atoms with Gasteiger partial charge in [0.25, 0.3) is 5.91 Å². The molecule has 2 saturated carbocycles. The van der Waals surface area contributed by atoms with Crippen LogP contribution in [0.2, 0.25) is 0 Å². The highest BCUT2D eigenvalue weighted by Gasteiger charge is 2.72. The largest absolute Gasteiger partial charge is 0.509 e. The number of aliphatic hydroxyl groups excluding tert-OH is 1. The van der Waals surface area contributed by atoms with Gasteiger partial charge in [0.2, 0.25) is 6.10 Å². The zero-order valence-electron chi connectivity index (χ0n) is 39.9. The van der Waals surface area contributed by atoms with Crippen LogP contribution in [0.4, 0.5) is 4.79 Å². The molecule has 4 aromatic carbocycles. The van der Waals surface area contributed by atoms with Crippen LogP contribution >= 0.6 is 0 Å². The highest BCUT2D eigenvalue weighted by atomic mass is 16.7. The number of esters is 4. The molecule has 0 saturated heterocycles. The highest BCUT2D eigenvalue weighted by Crippen LogP contribution is 2.60. The van der Waals surface area contributed by atoms with Crippen LogP contribution in [0.5, 0.6) is 0 Å². The van der Waals surface area contributed by atoms with Gasteiger partial charge in [-0.1, -0.05) is 111 Å². The minimum atomic E-state index is -2.60. The molecular formula is C54H55NO16. The van der Waals surface area contributed by atoms with Crippen molar-refractivity contribution in [2.75, 3.05) is 0 Å². The minimum Gasteiger partial charge on any atom is -0.461 e. The Morgan fingerprint density at radius 1 is 0.732 bits per heavy atom. The number of fused-ring (bicyclic) bond motifs is 3. The van der Waals surface area contributed by atoms with E-state index < -0.39 is 125 Å². The number of carbonyl (C=O) groups is 8. The molecule has 0 aliphatic heterocycles. The predicted octanol–water partition coefficient (Wildman–Crippen LogP) is 5.90. The lowest BCUT2D eigenvalue weighted by Crippen LogP contribution is -2.74. The Kier molecular flexibility index (Phi) is 15.1. The van der Waals surface area contributed by atoms with Gasteiger partial charge in [-0.25, -0.2) is 14.4 Å². The second kappa shape index (κ2) is 20.8. The molecule has 2 fully saturated rings. The van der Waals surface area contributed by atoms with Crippen molar-refractivity contribution in [3.63, 3.8) is 0 Å². The number of hydrogen-bond donors (Lipinski definition) is 3. The molecule has 0 unspecified atom stereocenters. The number of hydrogen-bond acceptors (Lipinski definition) is 16. The van der Waals surface area contributed by atoms with E-state index in [0.29, 0.717) is 5.56 Å². The number of ether oxygens (including phenoxy) is 6. The van der Waals surface area contributed by atoms with E-state index in [9.17, 15) is 39.0 Å². The van der Waals surface area contributed by atoms with Gasteiger partial charge in [-0.2, -0.15) is 0 Å². The zero-order chi connectivity index (χ0) is 51.4. The van der Waals surface area contributed by atoms with Crippen LogP contribution < -0.4 is 5.32 Å². The van der Waals surface area contributed by atoms with Crippen LogP contribution in [0.3, 0.4) is 0 Å². The van der Waals surface area contributed by atoms with Gasteiger partial charge in [0.15, 0.2) is 17.7 Å². The Morgan fingerprint density at radius 3 is 1.86 bits per heavy atom. The Labute approximate surface area is 409 Å². The molecule has 17 heteroatoms. The molecule has 71 heavy (non-hydrogen) atoms. The van der Waals surface area contributed by atoms with E-state index in [4.69, 9.17) is 28.4 Å². The number of aliphatic hydroxyl groups is 2. The van der Waals surface area contributed by atoms with Gasteiger partial charge in [0, 0.05) is 37.7 Å². The normalized spacial score (nSPS) is 26.4. The molecule has 0 spiro atoms. The molecule has 1 amide bonds. The highest BCUT2D eigenvalue weighted by molar-refractivity contribution is 6.02. The summed E-state index contributed by atoms with van der Waals surface area (Å²) >= 11 is 0. The standard InChI is InChI=1S/C54H55NO16/c1-30-38(69-50(63)45(70-51(64)66-29-33-19-11-7-12-20-33)42(34-21-13-8-14-22-34)55-48(61)35-23-15-9-16-24-35)28-54(65)47(71-49(62)36-25-17-10-18-26-36)41-43(59)37(58)27-39(67-31(2)56)53(41,6)46(60)44(68-32(3)57)40(30)52(54,4)5/h7-26,37-39,41-42,44-45,47,58,65H,27-29H2,1-6H3,(H,55,61)/t37-,38-,39-,41-,42-,44+,45+,47-,53+,54+/m0/s1. The second-order valence-corrected chi connectivity index (χ2v) is 18.6. The van der Waals surface area contributed by atoms with E-state index in [1.165, 1.54) is 64.1 Å². The summed E-state index contributed by atoms with van der Waals surface area (Å²) in [5.74, 6) is -9.00. The third kappa shape index (κ3) is 10.2. The van der Waals surface area contributed by atoms with E-state index in [0.717, 1.165) is 13.8 Å². The van der Waals surface area contributed by atoms with E-state index in [1.807, 2.05) is 0 Å². The second-order valence-electron chi connectivity index (χ2n) is 18.6. The quantitative estimate of drug-likeness (QED) is 0.0803. The van der Waals surface area contributed by atoms with Crippen LogP contribution in [0.25, 0.3) is 0 Å². The maximum atomic E-state index is 15.6. The van der Waals surface area contributed by atoms with Gasteiger partial charge in [-0.15, -0.1) is 0 Å². The third-order valence-corrected chi connectivity index (χ3v) is 13.9. The summed E-state index contributed by atoms with van der Waals surface area (Å²) in [7, 11) is 0. The van der Waals surface area contributed by atoms with Crippen LogP contribution in [0.1, 0.15) is 92.3 Å². The van der Waals surface area contributed by atoms with Crippen molar-refractivity contribution in [3.8, 4) is 0 Å². The molecule has 7 rings (SSSR count). The maximum absolute atomic E-state index is 15.6. The third-order valence-electron chi connectivity index (χ3n) is 13.9. The van der Waals surface area contributed by atoms with Crippen LogP contribution in [-0.4, -0.2) is 99.9 Å². The van der Waals surface area contributed by atoms with Gasteiger partial charge in [-0.05, 0) is 60.4 Å². The molecule has 3 aliphatic carbocycles. The summed E-state index contributed by atoms with van der Waals surface area (Å²) in [6.45, 7) is 7.45. The van der Waals surface area contributed by atoms with E-state index in [2.05, 4.69) is 5.32 Å². The summed E-state index contributed by atoms with van der Waals surface area (Å²) in [5.41, 5.74) is -5.73. The van der Waals surface area contributed by atoms with E-state index in [1.54, 1.807) is 84.9 Å². The lowest BCUT2D eigenvalue weighted by Gasteiger charge is -2.60. The number of ketones is 2. The van der Waals surface area contributed by atoms with Crippen molar-refractivity contribution < 1.29 is 77.0 Å². The molecule has 0 radical (unpaired) electrons. The Balaban J connectivity index is 1.39. The first-order valence-corrected chi connectivity index (χ1v) is 23.0. The SMILES string of the molecule is CC(=O)O[C@H]1C(=O)[C@]2(C)[C@@H](OC(C)=O)C[C@H](O)C(=O)[C@H]2[C@H](OC(=O)c2ccccc2)[C@]2(O)C[C@H](OC(=O)[C@H](OC(=O)OCc3ccccc3)[C@@H](NC(=O)c3ccccc3)c3ccccc3)C(C)=C1C2(C)C. The summed E-state index contributed by atoms with van der Waals surface area (Å²) in [6, 6.07) is 30.7. The van der Waals surface area contributed by atoms with Gasteiger partial charge >= 0.3 is 30.0 Å². The first-order valence-electron chi connectivity index (χ1n) is 23.0. The number of carbonyl (C=O) groups excluding carboxylic acids is 8. The van der Waals surface area contributed by atoms with Crippen LogP contribution in [0, 0.1) is 16.7 Å². The van der Waals surface area contributed by atoms with Gasteiger partial charge in [-0.3, -0.25) is 24.0 Å². The van der Waals surface area contributed by atoms with Gasteiger partial charge < -0.3 is 44.0 Å². The van der Waals surface area contributed by atoms with Crippen molar-refractivity contribution in [3.05, 3.63) is 155 Å². The minimum absolute atomic E-state index is 0.0310. The first kappa shape index (κ1) is 51.4. The maximum Gasteiger partial charge on any atom is 0.509 e. The fraction of sp³-hybridized carbons (Fsp3) is 0.370. The van der Waals surface area contributed by atoms with Crippen molar-refractivity contribution >= 4 is 47.5 Å². The van der Waals surface area contributed by atoms with E-state index in [-0.39, 0.29) is 34.4 Å². The average molecular weight is 974 g/mol. The molecule has 2 bridgehead atoms. The average Bonchev–Trinajstić information content (AvgIpc) is 3.35. The molecule has 17 nitrogen and oxygen atoms in total. The molecule has 3 N–H and O–H groups in total. The monoisotopic (exact) mass is 973 g/mol. The molecule has 10 atom stereocenters. The number of benzene rings is 4. The molecule has 0 heterocycles. The van der Waals surface area contributed by atoms with Gasteiger partial charge in [0.1, 0.15) is 42.7 Å². The topological polar surface area (TPSA) is 244 Å². The van der Waals surface area contributed by atoms with Crippen LogP contribution in [-0.2, 0) is 59.0 Å². The Hall–Kier alpha value is -7.50. The molecule has 4 aromatic rings. The first-order chi connectivity index (χ1) is 33.7. The number of rotatable bonds is 13. The van der Waals surface area contributed by atoms with Crippen molar-refractivity contribution in [1.29, 1.82) is 0 Å². The lowest BCUT2D eigenvalue weighted by molar-refractivity contribution is -0.228. The molecule has 3 aliphatic rings. The summed E-state index contributed by atoms with van der Waals surface area (Å²) < 4.78 is 35.2. The number of nitrogens with one attached hydrogen (secondary N) is 1. The van der Waals surface area contributed by atoms with Crippen LogP contribution in [0.15, 0.2) is 132 Å². The molecule has 0 aromatic heterocycles. The van der Waals surface area contributed by atoms with Crippen molar-refractivity contribution in [1.82, 2.24) is 5.32 Å². The molecular weight excluding hydrogens is 919 g/mol. The van der Waals surface area contributed by atoms with E-state index >= 15 is 9.59 Å². The van der Waals surface area contributed by atoms with Gasteiger partial charge in [0.05, 0.1) is 16.9 Å².